The number of nitro benzene ring substituents is 1. The Balaban J connectivity index is 2.32. The van der Waals surface area contributed by atoms with Crippen molar-refractivity contribution < 1.29 is 9.66 Å². The first-order chi connectivity index (χ1) is 9.49. The molecule has 0 radical (unpaired) electrons. The molecular weight excluding hydrogens is 326 g/mol. The first-order valence-corrected chi connectivity index (χ1v) is 6.60. The van der Waals surface area contributed by atoms with E-state index in [9.17, 15) is 10.1 Å². The SMILES string of the molecule is C[C@@H](N)c1ccc(Oc2c(Br)cccc2[N+](=O)[O-])cn1. The molecule has 7 heteroatoms. The van der Waals surface area contributed by atoms with Crippen LogP contribution in [0.2, 0.25) is 0 Å². The molecule has 1 aromatic heterocycles. The second-order valence-corrected chi connectivity index (χ2v) is 5.01. The van der Waals surface area contributed by atoms with E-state index in [1.807, 2.05) is 6.92 Å². The summed E-state index contributed by atoms with van der Waals surface area (Å²) in [5.74, 6) is 0.553. The van der Waals surface area contributed by atoms with E-state index in [4.69, 9.17) is 10.5 Å². The molecule has 0 fully saturated rings. The number of halogens is 1. The van der Waals surface area contributed by atoms with Crippen LogP contribution in [-0.4, -0.2) is 9.91 Å². The van der Waals surface area contributed by atoms with Crippen molar-refractivity contribution in [2.45, 2.75) is 13.0 Å². The third-order valence-electron chi connectivity index (χ3n) is 2.59. The maximum atomic E-state index is 11.0. The second kappa shape index (κ2) is 5.98. The van der Waals surface area contributed by atoms with Crippen molar-refractivity contribution in [2.75, 3.05) is 0 Å². The molecule has 2 rings (SSSR count). The topological polar surface area (TPSA) is 91.3 Å². The Morgan fingerprint density at radius 2 is 2.15 bits per heavy atom. The van der Waals surface area contributed by atoms with E-state index in [2.05, 4.69) is 20.9 Å². The van der Waals surface area contributed by atoms with Crippen molar-refractivity contribution >= 4 is 21.6 Å². The maximum absolute atomic E-state index is 11.0. The number of nitrogens with two attached hydrogens (primary N) is 1. The van der Waals surface area contributed by atoms with E-state index in [0.717, 1.165) is 5.69 Å². The number of nitrogens with zero attached hydrogens (tertiary/aromatic N) is 2. The van der Waals surface area contributed by atoms with E-state index < -0.39 is 4.92 Å². The first kappa shape index (κ1) is 14.4. The minimum Gasteiger partial charge on any atom is -0.447 e. The van der Waals surface area contributed by atoms with Gasteiger partial charge in [-0.3, -0.25) is 15.1 Å². The first-order valence-electron chi connectivity index (χ1n) is 5.81. The average Bonchev–Trinajstić information content (AvgIpc) is 2.41. The summed E-state index contributed by atoms with van der Waals surface area (Å²) in [6.07, 6.45) is 1.49. The molecule has 104 valence electrons. The molecule has 0 aliphatic carbocycles. The van der Waals surface area contributed by atoms with Gasteiger partial charge in [0.15, 0.2) is 0 Å². The summed E-state index contributed by atoms with van der Waals surface area (Å²) < 4.78 is 6.05. The van der Waals surface area contributed by atoms with Crippen LogP contribution >= 0.6 is 15.9 Å². The second-order valence-electron chi connectivity index (χ2n) is 4.15. The number of hydrogen-bond acceptors (Lipinski definition) is 5. The quantitative estimate of drug-likeness (QED) is 0.680. The van der Waals surface area contributed by atoms with Crippen molar-refractivity contribution in [1.82, 2.24) is 4.98 Å². The number of hydrogen-bond donors (Lipinski definition) is 1. The molecule has 0 saturated heterocycles. The lowest BCUT2D eigenvalue weighted by Gasteiger charge is -2.09. The molecule has 0 unspecified atom stereocenters. The van der Waals surface area contributed by atoms with Crippen LogP contribution in [0.1, 0.15) is 18.7 Å². The van der Waals surface area contributed by atoms with Crippen molar-refractivity contribution in [2.24, 2.45) is 5.73 Å². The Morgan fingerprint density at radius 3 is 2.70 bits per heavy atom. The third-order valence-corrected chi connectivity index (χ3v) is 3.21. The van der Waals surface area contributed by atoms with Crippen LogP contribution in [0.5, 0.6) is 11.5 Å². The highest BCUT2D eigenvalue weighted by Gasteiger charge is 2.18. The average molecular weight is 338 g/mol. The van der Waals surface area contributed by atoms with Crippen molar-refractivity contribution in [3.05, 3.63) is 56.8 Å². The number of aromatic nitrogens is 1. The van der Waals surface area contributed by atoms with Crippen LogP contribution in [0, 0.1) is 10.1 Å². The molecule has 0 aliphatic rings. The Kier molecular flexibility index (Phi) is 4.31. The monoisotopic (exact) mass is 337 g/mol. The molecule has 0 aliphatic heterocycles. The third kappa shape index (κ3) is 3.12. The van der Waals surface area contributed by atoms with Crippen LogP contribution < -0.4 is 10.5 Å². The number of benzene rings is 1. The number of para-hydroxylation sites is 1. The van der Waals surface area contributed by atoms with Gasteiger partial charge in [-0.25, -0.2) is 0 Å². The molecule has 1 heterocycles. The van der Waals surface area contributed by atoms with E-state index in [-0.39, 0.29) is 17.5 Å². The van der Waals surface area contributed by atoms with Gasteiger partial charge in [0, 0.05) is 12.1 Å². The summed E-state index contributed by atoms with van der Waals surface area (Å²) in [6.45, 7) is 1.82. The number of rotatable bonds is 4. The van der Waals surface area contributed by atoms with Gasteiger partial charge in [-0.1, -0.05) is 6.07 Å². The summed E-state index contributed by atoms with van der Waals surface area (Å²) in [5.41, 5.74) is 6.31. The minimum absolute atomic E-state index is 0.115. The lowest BCUT2D eigenvalue weighted by atomic mass is 10.2. The van der Waals surface area contributed by atoms with Crippen LogP contribution in [0.25, 0.3) is 0 Å². The normalized spacial score (nSPS) is 11.9. The summed E-state index contributed by atoms with van der Waals surface area (Å²) in [6, 6.07) is 7.85. The zero-order chi connectivity index (χ0) is 14.7. The fourth-order valence-electron chi connectivity index (χ4n) is 1.58. The minimum atomic E-state index is -0.496. The molecule has 0 amide bonds. The standard InChI is InChI=1S/C13H12BrN3O3/c1-8(15)11-6-5-9(7-16-11)20-13-10(14)3-2-4-12(13)17(18)19/h2-8H,15H2,1H3/t8-/m1/s1. The van der Waals surface area contributed by atoms with Crippen LogP contribution in [0.4, 0.5) is 5.69 Å². The smallest absolute Gasteiger partial charge is 0.312 e. The molecule has 0 spiro atoms. The van der Waals surface area contributed by atoms with Gasteiger partial charge in [0.2, 0.25) is 5.75 Å². The predicted octanol–water partition coefficient (Wildman–Crippen LogP) is 3.56. The Bertz CT molecular complexity index is 629. The molecule has 1 atom stereocenters. The maximum Gasteiger partial charge on any atom is 0.312 e. The highest BCUT2D eigenvalue weighted by molar-refractivity contribution is 9.10. The lowest BCUT2D eigenvalue weighted by molar-refractivity contribution is -0.385. The summed E-state index contributed by atoms with van der Waals surface area (Å²) in [5, 5.41) is 11.0. The molecule has 6 nitrogen and oxygen atoms in total. The highest BCUT2D eigenvalue weighted by atomic mass is 79.9. The van der Waals surface area contributed by atoms with Crippen LogP contribution in [0.15, 0.2) is 41.0 Å². The summed E-state index contributed by atoms with van der Waals surface area (Å²) >= 11 is 3.24. The summed E-state index contributed by atoms with van der Waals surface area (Å²) in [7, 11) is 0. The van der Waals surface area contributed by atoms with Gasteiger partial charge >= 0.3 is 5.69 Å². The predicted molar refractivity (Wildman–Crippen MR) is 77.7 cm³/mol. The highest BCUT2D eigenvalue weighted by Crippen LogP contribution is 2.37. The van der Waals surface area contributed by atoms with Gasteiger partial charge in [0.25, 0.3) is 0 Å². The Morgan fingerprint density at radius 1 is 1.40 bits per heavy atom. The molecule has 2 N–H and O–H groups in total. The zero-order valence-electron chi connectivity index (χ0n) is 10.6. The molecule has 0 bridgehead atoms. The summed E-state index contributed by atoms with van der Waals surface area (Å²) in [4.78, 5) is 14.6. The van der Waals surface area contributed by atoms with Gasteiger partial charge in [-0.05, 0) is 41.1 Å². The van der Waals surface area contributed by atoms with Gasteiger partial charge in [-0.15, -0.1) is 0 Å². The van der Waals surface area contributed by atoms with E-state index in [1.165, 1.54) is 12.3 Å². The number of ether oxygens (including phenoxy) is 1. The molecule has 1 aromatic carbocycles. The molecule has 0 saturated carbocycles. The lowest BCUT2D eigenvalue weighted by Crippen LogP contribution is -2.06. The van der Waals surface area contributed by atoms with Gasteiger partial charge in [-0.2, -0.15) is 0 Å². The Labute approximate surface area is 123 Å². The zero-order valence-corrected chi connectivity index (χ0v) is 12.2. The Hall–Kier alpha value is -1.99. The van der Waals surface area contributed by atoms with Crippen molar-refractivity contribution in [3.8, 4) is 11.5 Å². The molecular formula is C13H12BrN3O3. The number of pyridine rings is 1. The molecule has 2 aromatic rings. The fourth-order valence-corrected chi connectivity index (χ4v) is 2.02. The number of nitro groups is 1. The van der Waals surface area contributed by atoms with Crippen LogP contribution in [-0.2, 0) is 0 Å². The molecule has 20 heavy (non-hydrogen) atoms. The van der Waals surface area contributed by atoms with E-state index in [1.54, 1.807) is 24.3 Å². The fraction of sp³-hybridized carbons (Fsp3) is 0.154. The van der Waals surface area contributed by atoms with E-state index >= 15 is 0 Å². The van der Waals surface area contributed by atoms with Gasteiger partial charge < -0.3 is 10.5 Å². The van der Waals surface area contributed by atoms with Gasteiger partial charge in [0.1, 0.15) is 5.75 Å². The van der Waals surface area contributed by atoms with E-state index in [0.29, 0.717) is 10.2 Å². The van der Waals surface area contributed by atoms with Crippen molar-refractivity contribution in [3.63, 3.8) is 0 Å². The largest absolute Gasteiger partial charge is 0.447 e. The van der Waals surface area contributed by atoms with Crippen molar-refractivity contribution in [1.29, 1.82) is 0 Å². The van der Waals surface area contributed by atoms with Gasteiger partial charge in [0.05, 0.1) is 21.3 Å². The van der Waals surface area contributed by atoms with Crippen LogP contribution in [0.3, 0.4) is 0 Å².